The summed E-state index contributed by atoms with van der Waals surface area (Å²) >= 11 is 6.03. The second kappa shape index (κ2) is 6.76. The molecule has 0 amide bonds. The minimum atomic E-state index is 0.736. The topological polar surface area (TPSA) is 24.4 Å². The lowest BCUT2D eigenvalue weighted by atomic mass is 10.2. The van der Waals surface area contributed by atoms with Crippen LogP contribution in [0.2, 0.25) is 5.02 Å². The van der Waals surface area contributed by atoms with Crippen molar-refractivity contribution in [2.45, 2.75) is 6.92 Å². The molecule has 2 nitrogen and oxygen atoms in total. The number of nitrogens with zero attached hydrogens (tertiary/aromatic N) is 1. The summed E-state index contributed by atoms with van der Waals surface area (Å²) in [7, 11) is 0. The van der Waals surface area contributed by atoms with E-state index in [1.807, 2.05) is 67.6 Å². The zero-order chi connectivity index (χ0) is 13.5. The van der Waals surface area contributed by atoms with Gasteiger partial charge in [-0.15, -0.1) is 0 Å². The van der Waals surface area contributed by atoms with Crippen molar-refractivity contribution in [3.05, 3.63) is 70.8 Å². The Balaban J connectivity index is 1.90. The maximum Gasteiger partial charge on any atom is 0.0576 e. The van der Waals surface area contributed by atoms with Crippen LogP contribution in [0.15, 0.2) is 59.7 Å². The Labute approximate surface area is 118 Å². The molecule has 0 saturated heterocycles. The molecule has 19 heavy (non-hydrogen) atoms. The van der Waals surface area contributed by atoms with Crippen LogP contribution in [0.25, 0.3) is 6.08 Å². The smallest absolute Gasteiger partial charge is 0.0576 e. The molecule has 0 bridgehead atoms. The van der Waals surface area contributed by atoms with Crippen molar-refractivity contribution in [3.8, 4) is 0 Å². The number of hydrogen-bond acceptors (Lipinski definition) is 2. The van der Waals surface area contributed by atoms with Crippen LogP contribution in [0.5, 0.6) is 0 Å². The molecule has 0 radical (unpaired) electrons. The number of anilines is 1. The molecule has 0 spiro atoms. The lowest BCUT2D eigenvalue weighted by Gasteiger charge is -2.02. The Bertz CT molecular complexity index is 589. The molecule has 0 aliphatic rings. The van der Waals surface area contributed by atoms with Crippen molar-refractivity contribution in [2.75, 3.05) is 5.43 Å². The number of allylic oxidation sites excluding steroid dienone is 1. The number of hydrogen-bond donors (Lipinski definition) is 1. The summed E-state index contributed by atoms with van der Waals surface area (Å²) in [6.07, 6.45) is 5.59. The number of benzene rings is 2. The van der Waals surface area contributed by atoms with Crippen molar-refractivity contribution in [1.82, 2.24) is 0 Å². The first-order valence-corrected chi connectivity index (χ1v) is 6.40. The maximum absolute atomic E-state index is 6.03. The highest BCUT2D eigenvalue weighted by Crippen LogP contribution is 2.19. The van der Waals surface area contributed by atoms with Gasteiger partial charge in [-0.05, 0) is 36.3 Å². The van der Waals surface area contributed by atoms with Crippen molar-refractivity contribution in [1.29, 1.82) is 0 Å². The lowest BCUT2D eigenvalue weighted by Crippen LogP contribution is -1.88. The molecular weight excluding hydrogens is 256 g/mol. The van der Waals surface area contributed by atoms with Crippen LogP contribution in [-0.4, -0.2) is 6.21 Å². The van der Waals surface area contributed by atoms with Crippen molar-refractivity contribution < 1.29 is 0 Å². The van der Waals surface area contributed by atoms with E-state index in [1.54, 1.807) is 6.21 Å². The summed E-state index contributed by atoms with van der Waals surface area (Å²) in [4.78, 5) is 0. The molecule has 0 heterocycles. The minimum Gasteiger partial charge on any atom is -0.278 e. The predicted molar refractivity (Wildman–Crippen MR) is 83.8 cm³/mol. The van der Waals surface area contributed by atoms with Gasteiger partial charge in [-0.25, -0.2) is 0 Å². The standard InChI is InChI=1S/C16H15ClN2/c1-13-9-10-15(12-16(13)17)19-18-11-5-8-14-6-3-2-4-7-14/h2-12,19H,1H3/b8-5+,18-11+. The minimum absolute atomic E-state index is 0.736. The Kier molecular flexibility index (Phi) is 4.76. The summed E-state index contributed by atoms with van der Waals surface area (Å²) < 4.78 is 0. The van der Waals surface area contributed by atoms with Gasteiger partial charge in [0.2, 0.25) is 0 Å². The molecule has 2 aromatic rings. The largest absolute Gasteiger partial charge is 0.278 e. The van der Waals surface area contributed by atoms with E-state index in [-0.39, 0.29) is 0 Å². The quantitative estimate of drug-likeness (QED) is 0.629. The number of hydrazone groups is 1. The third-order valence-corrected chi connectivity index (χ3v) is 3.02. The van der Waals surface area contributed by atoms with Gasteiger partial charge in [0.05, 0.1) is 5.69 Å². The molecular formula is C16H15ClN2. The Hall–Kier alpha value is -2.06. The summed E-state index contributed by atoms with van der Waals surface area (Å²) in [6.45, 7) is 1.97. The van der Waals surface area contributed by atoms with E-state index in [0.717, 1.165) is 21.8 Å². The van der Waals surface area contributed by atoms with Crippen LogP contribution in [0, 0.1) is 6.92 Å². The SMILES string of the molecule is Cc1ccc(N/N=C/C=C/c2ccccc2)cc1Cl. The molecule has 2 aromatic carbocycles. The highest BCUT2D eigenvalue weighted by molar-refractivity contribution is 6.31. The number of halogens is 1. The van der Waals surface area contributed by atoms with Gasteiger partial charge in [0, 0.05) is 11.2 Å². The summed E-state index contributed by atoms with van der Waals surface area (Å²) in [5.41, 5.74) is 6.01. The first-order valence-electron chi connectivity index (χ1n) is 6.02. The van der Waals surface area contributed by atoms with Crippen LogP contribution < -0.4 is 5.43 Å². The molecule has 0 unspecified atom stereocenters. The molecule has 3 heteroatoms. The van der Waals surface area contributed by atoms with E-state index in [9.17, 15) is 0 Å². The number of aryl methyl sites for hydroxylation is 1. The third kappa shape index (κ3) is 4.27. The van der Waals surface area contributed by atoms with Gasteiger partial charge in [0.1, 0.15) is 0 Å². The van der Waals surface area contributed by atoms with Crippen LogP contribution in [0.4, 0.5) is 5.69 Å². The summed E-state index contributed by atoms with van der Waals surface area (Å²) in [6, 6.07) is 15.8. The van der Waals surface area contributed by atoms with Crippen LogP contribution in [0.1, 0.15) is 11.1 Å². The first kappa shape index (κ1) is 13.4. The van der Waals surface area contributed by atoms with E-state index in [4.69, 9.17) is 11.6 Å². The zero-order valence-electron chi connectivity index (χ0n) is 10.7. The molecule has 96 valence electrons. The molecule has 1 N–H and O–H groups in total. The molecule has 2 rings (SSSR count). The van der Waals surface area contributed by atoms with Gasteiger partial charge in [-0.1, -0.05) is 54.1 Å². The molecule has 0 aromatic heterocycles. The van der Waals surface area contributed by atoms with Gasteiger partial charge in [-0.3, -0.25) is 5.43 Å². The van der Waals surface area contributed by atoms with Gasteiger partial charge in [0.25, 0.3) is 0 Å². The van der Waals surface area contributed by atoms with Crippen molar-refractivity contribution >= 4 is 29.6 Å². The summed E-state index contributed by atoms with van der Waals surface area (Å²) in [5, 5.41) is 4.84. The van der Waals surface area contributed by atoms with Crippen molar-refractivity contribution in [3.63, 3.8) is 0 Å². The fourth-order valence-corrected chi connectivity index (χ4v) is 1.72. The number of nitrogens with one attached hydrogen (secondary N) is 1. The predicted octanol–water partition coefficient (Wildman–Crippen LogP) is 4.76. The van der Waals surface area contributed by atoms with Crippen molar-refractivity contribution in [2.24, 2.45) is 5.10 Å². The Morgan fingerprint density at radius 1 is 1.11 bits per heavy atom. The fraction of sp³-hybridized carbons (Fsp3) is 0.0625. The zero-order valence-corrected chi connectivity index (χ0v) is 11.4. The Morgan fingerprint density at radius 3 is 2.63 bits per heavy atom. The highest BCUT2D eigenvalue weighted by atomic mass is 35.5. The monoisotopic (exact) mass is 270 g/mol. The van der Waals surface area contributed by atoms with E-state index in [0.29, 0.717) is 0 Å². The lowest BCUT2D eigenvalue weighted by molar-refractivity contribution is 1.34. The molecule has 0 saturated carbocycles. The van der Waals surface area contributed by atoms with E-state index < -0.39 is 0 Å². The molecule has 0 aliphatic carbocycles. The Morgan fingerprint density at radius 2 is 1.89 bits per heavy atom. The fourth-order valence-electron chi connectivity index (χ4n) is 1.54. The average molecular weight is 271 g/mol. The molecule has 0 aliphatic heterocycles. The first-order chi connectivity index (χ1) is 9.25. The molecule has 0 fully saturated rings. The van der Waals surface area contributed by atoms with Gasteiger partial charge in [-0.2, -0.15) is 5.10 Å². The summed E-state index contributed by atoms with van der Waals surface area (Å²) in [5.74, 6) is 0. The highest BCUT2D eigenvalue weighted by Gasteiger charge is 1.95. The molecule has 0 atom stereocenters. The van der Waals surface area contributed by atoms with Crippen LogP contribution in [0.3, 0.4) is 0 Å². The van der Waals surface area contributed by atoms with Crippen LogP contribution in [-0.2, 0) is 0 Å². The van der Waals surface area contributed by atoms with Crippen LogP contribution >= 0.6 is 11.6 Å². The van der Waals surface area contributed by atoms with Gasteiger partial charge < -0.3 is 0 Å². The average Bonchev–Trinajstić information content (AvgIpc) is 2.43. The van der Waals surface area contributed by atoms with E-state index >= 15 is 0 Å². The second-order valence-electron chi connectivity index (χ2n) is 4.12. The van der Waals surface area contributed by atoms with Gasteiger partial charge in [0.15, 0.2) is 0 Å². The normalized spacial score (nSPS) is 11.3. The second-order valence-corrected chi connectivity index (χ2v) is 4.53. The third-order valence-electron chi connectivity index (χ3n) is 2.61. The van der Waals surface area contributed by atoms with Gasteiger partial charge >= 0.3 is 0 Å². The number of rotatable bonds is 4. The maximum atomic E-state index is 6.03. The van der Waals surface area contributed by atoms with E-state index in [1.165, 1.54) is 0 Å². The van der Waals surface area contributed by atoms with E-state index in [2.05, 4.69) is 10.5 Å².